The summed E-state index contributed by atoms with van der Waals surface area (Å²) < 4.78 is 0. The zero-order valence-corrected chi connectivity index (χ0v) is 18.2. The molecule has 0 saturated carbocycles. The summed E-state index contributed by atoms with van der Waals surface area (Å²) in [5.41, 5.74) is 4.06. The average molecular weight is 438 g/mol. The Balaban J connectivity index is 0.000000455. The molecule has 0 fully saturated rings. The van der Waals surface area contributed by atoms with Gasteiger partial charge in [-0.25, -0.2) is 4.99 Å². The van der Waals surface area contributed by atoms with Crippen molar-refractivity contribution < 1.29 is 42.2 Å². The van der Waals surface area contributed by atoms with Crippen molar-refractivity contribution in [1.29, 1.82) is 0 Å². The SMILES string of the molecule is C1=NC=NC1c1ccccc1.[CH2-]C(C)(C)C1C=Cc2ccccc21.[Cl-].[Cl-].[Cr+3]. The van der Waals surface area contributed by atoms with E-state index in [0.717, 1.165) is 0 Å². The molecular formula is C22H23Cl2CrN2. The molecule has 1 aliphatic heterocycles. The predicted molar refractivity (Wildman–Crippen MR) is 104 cm³/mol. The van der Waals surface area contributed by atoms with Gasteiger partial charge in [-0.15, -0.1) is 0 Å². The van der Waals surface area contributed by atoms with Crippen LogP contribution in [0, 0.1) is 12.3 Å². The number of hydrogen-bond donors (Lipinski definition) is 0. The molecule has 0 saturated heterocycles. The van der Waals surface area contributed by atoms with Crippen LogP contribution in [0.4, 0.5) is 0 Å². The van der Waals surface area contributed by atoms with Crippen LogP contribution in [0.25, 0.3) is 6.08 Å². The van der Waals surface area contributed by atoms with Crippen LogP contribution in [-0.2, 0) is 17.4 Å². The van der Waals surface area contributed by atoms with Gasteiger partial charge in [0.25, 0.3) is 0 Å². The van der Waals surface area contributed by atoms with Gasteiger partial charge in [-0.3, -0.25) is 4.99 Å². The number of rotatable bonds is 2. The first-order chi connectivity index (χ1) is 11.6. The van der Waals surface area contributed by atoms with Crippen molar-refractivity contribution in [2.75, 3.05) is 0 Å². The molecule has 2 nitrogen and oxygen atoms in total. The maximum absolute atomic E-state index is 4.20. The van der Waals surface area contributed by atoms with Gasteiger partial charge >= 0.3 is 17.4 Å². The third-order valence-electron chi connectivity index (χ3n) is 4.30. The number of benzene rings is 2. The van der Waals surface area contributed by atoms with Crippen LogP contribution in [-0.4, -0.2) is 12.6 Å². The summed E-state index contributed by atoms with van der Waals surface area (Å²) in [7, 11) is 0. The van der Waals surface area contributed by atoms with E-state index in [0.29, 0.717) is 5.92 Å². The molecule has 2 atom stereocenters. The summed E-state index contributed by atoms with van der Waals surface area (Å²) in [6, 6.07) is 18.8. The Morgan fingerprint density at radius 1 is 0.926 bits per heavy atom. The molecular weight excluding hydrogens is 415 g/mol. The summed E-state index contributed by atoms with van der Waals surface area (Å²) in [6.45, 7) is 8.57. The van der Waals surface area contributed by atoms with Crippen molar-refractivity contribution in [3.8, 4) is 0 Å². The first-order valence-electron chi connectivity index (χ1n) is 8.28. The molecule has 2 aliphatic rings. The van der Waals surface area contributed by atoms with Crippen molar-refractivity contribution >= 4 is 18.6 Å². The van der Waals surface area contributed by atoms with E-state index in [-0.39, 0.29) is 53.6 Å². The summed E-state index contributed by atoms with van der Waals surface area (Å²) in [6.07, 6.45) is 7.90. The number of allylic oxidation sites excluding steroid dienone is 1. The number of hydrogen-bond acceptors (Lipinski definition) is 2. The van der Waals surface area contributed by atoms with Gasteiger partial charge in [-0.2, -0.15) is 5.41 Å². The summed E-state index contributed by atoms with van der Waals surface area (Å²) in [5, 5.41) is 0. The van der Waals surface area contributed by atoms with Crippen molar-refractivity contribution in [2.45, 2.75) is 25.8 Å². The second kappa shape index (κ2) is 11.5. The Labute approximate surface area is 185 Å². The fraction of sp³-hybridized carbons (Fsp3) is 0.227. The third-order valence-corrected chi connectivity index (χ3v) is 4.30. The Morgan fingerprint density at radius 2 is 1.56 bits per heavy atom. The van der Waals surface area contributed by atoms with Gasteiger partial charge in [0, 0.05) is 6.21 Å². The van der Waals surface area contributed by atoms with E-state index < -0.39 is 0 Å². The minimum atomic E-state index is 0. The van der Waals surface area contributed by atoms with Crippen LogP contribution in [0.3, 0.4) is 0 Å². The fourth-order valence-corrected chi connectivity index (χ4v) is 3.02. The Morgan fingerprint density at radius 3 is 2.15 bits per heavy atom. The van der Waals surface area contributed by atoms with Crippen LogP contribution in [0.2, 0.25) is 0 Å². The first kappa shape index (κ1) is 25.6. The van der Waals surface area contributed by atoms with Gasteiger partial charge in [-0.1, -0.05) is 80.6 Å². The number of nitrogens with zero attached hydrogens (tertiary/aromatic N) is 2. The van der Waals surface area contributed by atoms with Gasteiger partial charge in [0.15, 0.2) is 0 Å². The van der Waals surface area contributed by atoms with E-state index in [1.165, 1.54) is 16.7 Å². The van der Waals surface area contributed by atoms with Crippen LogP contribution >= 0.6 is 0 Å². The minimum Gasteiger partial charge on any atom is -1.00 e. The molecule has 141 valence electrons. The van der Waals surface area contributed by atoms with E-state index in [1.54, 1.807) is 6.34 Å². The predicted octanol–water partition coefficient (Wildman–Crippen LogP) is -0.497. The molecule has 0 bridgehead atoms. The second-order valence-electron chi connectivity index (χ2n) is 6.87. The summed E-state index contributed by atoms with van der Waals surface area (Å²) in [5.74, 6) is 0.476. The largest absolute Gasteiger partial charge is 3.00 e. The third kappa shape index (κ3) is 6.63. The molecule has 1 aliphatic carbocycles. The Hall–Kier alpha value is -1.37. The first-order valence-corrected chi connectivity index (χ1v) is 8.28. The average Bonchev–Trinajstić information content (AvgIpc) is 3.25. The van der Waals surface area contributed by atoms with Crippen molar-refractivity contribution in [2.24, 2.45) is 15.4 Å². The molecule has 0 amide bonds. The summed E-state index contributed by atoms with van der Waals surface area (Å²) >= 11 is 0. The van der Waals surface area contributed by atoms with E-state index in [4.69, 9.17) is 0 Å². The maximum atomic E-state index is 4.20. The molecule has 1 heterocycles. The Bertz CT molecular complexity index is 768. The maximum Gasteiger partial charge on any atom is 3.00 e. The zero-order valence-electron chi connectivity index (χ0n) is 15.4. The van der Waals surface area contributed by atoms with Gasteiger partial charge in [0.2, 0.25) is 0 Å². The second-order valence-corrected chi connectivity index (χ2v) is 6.87. The van der Waals surface area contributed by atoms with Crippen LogP contribution in [0.1, 0.15) is 42.5 Å². The molecule has 0 spiro atoms. The molecule has 2 unspecified atom stereocenters. The standard InChI is InChI=1S/C13H15.C9H8N2.2ClH.Cr/c1-13(2,3)12-9-8-10-6-4-5-7-11(10)12;1-2-4-8(5-3-1)9-6-10-7-11-9;;;/h4-9,12H,1H2,2-3H3;1-7,9H;2*1H;/q-1;;;;+3/p-2. The zero-order chi connectivity index (χ0) is 17.0. The molecule has 4 rings (SSSR count). The van der Waals surface area contributed by atoms with Crippen LogP contribution < -0.4 is 24.8 Å². The molecule has 0 N–H and O–H groups in total. The number of fused-ring (bicyclic) bond motifs is 1. The van der Waals surface area contributed by atoms with Gasteiger partial charge < -0.3 is 31.7 Å². The van der Waals surface area contributed by atoms with E-state index >= 15 is 0 Å². The number of aliphatic imine (C=N–C) groups is 2. The molecule has 1 radical (unpaired) electrons. The molecule has 2 aromatic carbocycles. The van der Waals surface area contributed by atoms with Crippen molar-refractivity contribution in [3.63, 3.8) is 0 Å². The molecule has 27 heavy (non-hydrogen) atoms. The molecule has 2 aromatic rings. The van der Waals surface area contributed by atoms with Gasteiger partial charge in [0.1, 0.15) is 12.4 Å². The number of halogens is 2. The normalized spacial score (nSPS) is 18.3. The minimum absolute atomic E-state index is 0. The van der Waals surface area contributed by atoms with Crippen molar-refractivity contribution in [3.05, 3.63) is 84.3 Å². The smallest absolute Gasteiger partial charge is 1.00 e. The van der Waals surface area contributed by atoms with Gasteiger partial charge in [0.05, 0.1) is 0 Å². The van der Waals surface area contributed by atoms with Crippen molar-refractivity contribution in [1.82, 2.24) is 0 Å². The fourth-order valence-electron chi connectivity index (χ4n) is 3.02. The summed E-state index contributed by atoms with van der Waals surface area (Å²) in [4.78, 5) is 8.08. The quantitative estimate of drug-likeness (QED) is 0.566. The van der Waals surface area contributed by atoms with E-state index in [2.05, 4.69) is 79.3 Å². The van der Waals surface area contributed by atoms with Crippen LogP contribution in [0.5, 0.6) is 0 Å². The molecule has 5 heteroatoms. The van der Waals surface area contributed by atoms with Gasteiger partial charge in [-0.05, 0) is 22.6 Å². The topological polar surface area (TPSA) is 24.7 Å². The van der Waals surface area contributed by atoms with Crippen LogP contribution in [0.15, 0.2) is 70.7 Å². The Kier molecular flexibility index (Phi) is 10.9. The van der Waals surface area contributed by atoms with E-state index in [1.807, 2.05) is 24.4 Å². The monoisotopic (exact) mass is 437 g/mol. The molecule has 0 aromatic heterocycles. The van der Waals surface area contributed by atoms with E-state index in [9.17, 15) is 0 Å².